The van der Waals surface area contributed by atoms with Crippen molar-refractivity contribution in [2.45, 2.75) is 58.0 Å². The average molecular weight is 569 g/mol. The number of piperidine rings is 1. The fraction of sp³-hybridized carbons (Fsp3) is 0.379. The lowest BCUT2D eigenvalue weighted by Gasteiger charge is -2.34. The summed E-state index contributed by atoms with van der Waals surface area (Å²) in [6, 6.07) is 14.1. The highest BCUT2D eigenvalue weighted by molar-refractivity contribution is 5.81. The Morgan fingerprint density at radius 2 is 1.85 bits per heavy atom. The van der Waals surface area contributed by atoms with Gasteiger partial charge in [0.05, 0.1) is 17.3 Å². The quantitative estimate of drug-likeness (QED) is 0.296. The molecule has 1 unspecified atom stereocenters. The summed E-state index contributed by atoms with van der Waals surface area (Å²) >= 11 is 0. The number of benzene rings is 2. The zero-order chi connectivity index (χ0) is 29.2. The van der Waals surface area contributed by atoms with Gasteiger partial charge in [0, 0.05) is 24.7 Å². The van der Waals surface area contributed by atoms with Gasteiger partial charge in [0.25, 0.3) is 0 Å². The largest absolute Gasteiger partial charge is 0.488 e. The van der Waals surface area contributed by atoms with Crippen LogP contribution < -0.4 is 10.1 Å². The van der Waals surface area contributed by atoms with Crippen LogP contribution in [0.25, 0.3) is 16.8 Å². The minimum Gasteiger partial charge on any atom is -0.488 e. The standard InChI is InChI=1S/C29H31F3N6O3/c1-28(2,3)41-27(39)37-15-7-10-21(17-37)34-26-36-35-25(23-13-14-33-38(23)26)22-12-11-20(29(30,31)32)16-24(22)40-18-19-8-5-4-6-9-19/h4-6,8-9,11-14,16,21H,7,10,15,17-18H2,1-3H3,(H,34,36). The molecule has 0 radical (unpaired) electrons. The van der Waals surface area contributed by atoms with E-state index in [2.05, 4.69) is 20.6 Å². The fourth-order valence-corrected chi connectivity index (χ4v) is 4.64. The molecule has 0 bridgehead atoms. The maximum absolute atomic E-state index is 13.6. The summed E-state index contributed by atoms with van der Waals surface area (Å²) in [5, 5.41) is 16.4. The molecule has 1 aliphatic rings. The van der Waals surface area contributed by atoms with Crippen molar-refractivity contribution in [1.29, 1.82) is 0 Å². The van der Waals surface area contributed by atoms with Crippen molar-refractivity contribution in [2.75, 3.05) is 18.4 Å². The number of nitrogens with zero attached hydrogens (tertiary/aromatic N) is 5. The molecule has 9 nitrogen and oxygen atoms in total. The molecule has 12 heteroatoms. The molecular weight excluding hydrogens is 537 g/mol. The summed E-state index contributed by atoms with van der Waals surface area (Å²) in [4.78, 5) is 14.3. The molecule has 0 aliphatic carbocycles. The minimum absolute atomic E-state index is 0.0297. The number of aromatic nitrogens is 4. The molecule has 4 aromatic rings. The van der Waals surface area contributed by atoms with Crippen molar-refractivity contribution in [3.05, 3.63) is 71.9 Å². The van der Waals surface area contributed by atoms with Gasteiger partial charge in [-0.2, -0.15) is 22.8 Å². The van der Waals surface area contributed by atoms with Gasteiger partial charge >= 0.3 is 12.3 Å². The lowest BCUT2D eigenvalue weighted by molar-refractivity contribution is -0.137. The van der Waals surface area contributed by atoms with E-state index in [1.165, 1.54) is 6.07 Å². The van der Waals surface area contributed by atoms with Crippen molar-refractivity contribution >= 4 is 17.6 Å². The highest BCUT2D eigenvalue weighted by Crippen LogP contribution is 2.38. The second kappa shape index (κ2) is 11.3. The number of hydrogen-bond donors (Lipinski definition) is 1. The predicted octanol–water partition coefficient (Wildman–Crippen LogP) is 6.20. The van der Waals surface area contributed by atoms with Gasteiger partial charge < -0.3 is 19.7 Å². The van der Waals surface area contributed by atoms with E-state index in [1.54, 1.807) is 21.7 Å². The smallest absolute Gasteiger partial charge is 0.416 e. The van der Waals surface area contributed by atoms with E-state index in [9.17, 15) is 18.0 Å². The molecule has 2 aromatic carbocycles. The Hall–Kier alpha value is -4.35. The normalized spacial score (nSPS) is 16.0. The molecule has 216 valence electrons. The monoisotopic (exact) mass is 568 g/mol. The number of hydrogen-bond acceptors (Lipinski definition) is 7. The highest BCUT2D eigenvalue weighted by Gasteiger charge is 2.32. The highest BCUT2D eigenvalue weighted by atomic mass is 19.4. The Kier molecular flexibility index (Phi) is 7.74. The van der Waals surface area contributed by atoms with E-state index in [0.717, 1.165) is 30.5 Å². The van der Waals surface area contributed by atoms with Gasteiger partial charge in [-0.15, -0.1) is 10.2 Å². The fourth-order valence-electron chi connectivity index (χ4n) is 4.64. The van der Waals surface area contributed by atoms with Crippen LogP contribution in [-0.4, -0.2) is 55.5 Å². The van der Waals surface area contributed by atoms with E-state index < -0.39 is 17.3 Å². The van der Waals surface area contributed by atoms with Gasteiger partial charge in [-0.1, -0.05) is 30.3 Å². The third-order valence-corrected chi connectivity index (χ3v) is 6.54. The summed E-state index contributed by atoms with van der Waals surface area (Å²) in [6.45, 7) is 6.56. The third kappa shape index (κ3) is 6.69. The molecule has 1 N–H and O–H groups in total. The Morgan fingerprint density at radius 3 is 2.59 bits per heavy atom. The van der Waals surface area contributed by atoms with E-state index in [0.29, 0.717) is 35.8 Å². The molecule has 41 heavy (non-hydrogen) atoms. The molecule has 0 spiro atoms. The van der Waals surface area contributed by atoms with Crippen molar-refractivity contribution in [1.82, 2.24) is 24.7 Å². The number of likely N-dealkylation sites (tertiary alicyclic amines) is 1. The van der Waals surface area contributed by atoms with Gasteiger partial charge in [-0.25, -0.2) is 4.79 Å². The topological polar surface area (TPSA) is 93.9 Å². The zero-order valence-electron chi connectivity index (χ0n) is 23.0. The van der Waals surface area contributed by atoms with Crippen molar-refractivity contribution < 1.29 is 27.4 Å². The molecule has 1 amide bonds. The summed E-state index contributed by atoms with van der Waals surface area (Å²) in [5.41, 5.74) is 0.598. The molecule has 3 heterocycles. The molecule has 1 aliphatic heterocycles. The summed E-state index contributed by atoms with van der Waals surface area (Å²) in [7, 11) is 0. The maximum Gasteiger partial charge on any atom is 0.416 e. The Balaban J connectivity index is 1.42. The molecule has 1 saturated heterocycles. The number of carbonyl (C=O) groups excluding carboxylic acids is 1. The SMILES string of the molecule is CC(C)(C)OC(=O)N1CCCC(Nc2nnc(-c3ccc(C(F)(F)F)cc3OCc3ccccc3)c3ccnn23)C1. The van der Waals surface area contributed by atoms with E-state index in [4.69, 9.17) is 9.47 Å². The lowest BCUT2D eigenvalue weighted by atomic mass is 10.1. The van der Waals surface area contributed by atoms with Gasteiger partial charge in [0.2, 0.25) is 5.95 Å². The van der Waals surface area contributed by atoms with E-state index in [-0.39, 0.29) is 24.5 Å². The van der Waals surface area contributed by atoms with E-state index in [1.807, 2.05) is 51.1 Å². The molecule has 2 aromatic heterocycles. The Morgan fingerprint density at radius 1 is 1.07 bits per heavy atom. The van der Waals surface area contributed by atoms with Crippen LogP contribution in [0.1, 0.15) is 44.7 Å². The first-order valence-electron chi connectivity index (χ1n) is 13.3. The predicted molar refractivity (Wildman–Crippen MR) is 146 cm³/mol. The number of fused-ring (bicyclic) bond motifs is 1. The first kappa shape index (κ1) is 28.2. The second-order valence-corrected chi connectivity index (χ2v) is 10.9. The average Bonchev–Trinajstić information content (AvgIpc) is 3.42. The lowest BCUT2D eigenvalue weighted by Crippen LogP contribution is -2.47. The number of halogens is 3. The van der Waals surface area contributed by atoms with Crippen molar-refractivity contribution in [2.24, 2.45) is 0 Å². The maximum atomic E-state index is 13.6. The van der Waals surface area contributed by atoms with Gasteiger partial charge in [0.1, 0.15) is 23.7 Å². The molecular formula is C29H31F3N6O3. The number of carbonyl (C=O) groups is 1. The van der Waals surface area contributed by atoms with Gasteiger partial charge in [-0.05, 0) is 63.4 Å². The number of nitrogens with one attached hydrogen (secondary N) is 1. The molecule has 5 rings (SSSR count). The van der Waals surface area contributed by atoms with Gasteiger partial charge in [-0.3, -0.25) is 0 Å². The number of amides is 1. The van der Waals surface area contributed by atoms with Crippen LogP contribution in [0.3, 0.4) is 0 Å². The Bertz CT molecular complexity index is 1520. The molecule has 1 fully saturated rings. The first-order valence-corrected chi connectivity index (χ1v) is 13.3. The number of alkyl halides is 3. The van der Waals surface area contributed by atoms with Crippen LogP contribution in [-0.2, 0) is 17.5 Å². The summed E-state index contributed by atoms with van der Waals surface area (Å²) in [6.07, 6.45) is -1.78. The molecule has 1 atom stereocenters. The van der Waals surface area contributed by atoms with Crippen LogP contribution in [0.4, 0.5) is 23.9 Å². The van der Waals surface area contributed by atoms with Crippen LogP contribution in [0.2, 0.25) is 0 Å². The molecule has 0 saturated carbocycles. The van der Waals surface area contributed by atoms with Crippen molar-refractivity contribution in [3.8, 4) is 17.0 Å². The van der Waals surface area contributed by atoms with Crippen LogP contribution in [0.5, 0.6) is 5.75 Å². The van der Waals surface area contributed by atoms with Crippen molar-refractivity contribution in [3.63, 3.8) is 0 Å². The number of anilines is 1. The second-order valence-electron chi connectivity index (χ2n) is 10.9. The summed E-state index contributed by atoms with van der Waals surface area (Å²) < 4.78 is 53.7. The van der Waals surface area contributed by atoms with Crippen LogP contribution in [0.15, 0.2) is 60.8 Å². The third-order valence-electron chi connectivity index (χ3n) is 6.54. The minimum atomic E-state index is -4.54. The summed E-state index contributed by atoms with van der Waals surface area (Å²) in [5.74, 6) is 0.380. The van der Waals surface area contributed by atoms with Crippen LogP contribution >= 0.6 is 0 Å². The number of rotatable bonds is 6. The first-order chi connectivity index (χ1) is 19.5. The van der Waals surface area contributed by atoms with Crippen LogP contribution in [0, 0.1) is 0 Å². The number of ether oxygens (including phenoxy) is 2. The van der Waals surface area contributed by atoms with E-state index >= 15 is 0 Å². The van der Waals surface area contributed by atoms with Gasteiger partial charge in [0.15, 0.2) is 0 Å². The zero-order valence-corrected chi connectivity index (χ0v) is 23.0. The Labute approximate surface area is 235 Å².